The summed E-state index contributed by atoms with van der Waals surface area (Å²) in [6.45, 7) is 0.654. The van der Waals surface area contributed by atoms with E-state index in [-0.39, 0.29) is 24.1 Å². The smallest absolute Gasteiger partial charge is 0.405 e. The number of primary amides is 1. The highest BCUT2D eigenvalue weighted by atomic mass is 35.5. The van der Waals surface area contributed by atoms with E-state index in [0.29, 0.717) is 62.3 Å². The fraction of sp³-hybridized carbons (Fsp3) is 0.222. The maximum atomic E-state index is 14.7. The number of fused-ring (bicyclic) bond motifs is 2. The van der Waals surface area contributed by atoms with Gasteiger partial charge in [-0.3, -0.25) is 4.68 Å². The topological polar surface area (TPSA) is 139 Å². The predicted molar refractivity (Wildman–Crippen MR) is 149 cm³/mol. The van der Waals surface area contributed by atoms with Crippen molar-refractivity contribution in [2.75, 3.05) is 18.0 Å². The lowest BCUT2D eigenvalue weighted by Crippen LogP contribution is -2.47. The number of nitrogens with zero attached hydrogens (tertiary/aromatic N) is 6. The molecule has 0 atom stereocenters. The van der Waals surface area contributed by atoms with Gasteiger partial charge in [-0.1, -0.05) is 47.5 Å². The van der Waals surface area contributed by atoms with Crippen molar-refractivity contribution in [1.82, 2.24) is 24.7 Å². The standard InChI is InChI=1S/C27H21Cl2FN8O2/c1-37-23(29)21-18(36-37)7-6-14(22(21)28)15-13-33-24-20(15)19(12-31)34-26(35-24)38-10-8-27(9-11-38,40-25(32)39)16-4-2-3-5-17(16)30/h2-7,13H,8-11H2,1H3,(H2,32,39)(H,33,34,35). The second-order valence-corrected chi connectivity index (χ2v) is 10.3. The lowest BCUT2D eigenvalue weighted by molar-refractivity contribution is -0.00934. The van der Waals surface area contributed by atoms with Crippen molar-refractivity contribution in [2.45, 2.75) is 18.4 Å². The number of benzene rings is 2. The molecule has 4 heterocycles. The van der Waals surface area contributed by atoms with Crippen molar-refractivity contribution in [3.63, 3.8) is 0 Å². The number of nitrogens with one attached hydrogen (secondary N) is 1. The minimum atomic E-state index is -1.22. The molecular weight excluding hydrogens is 558 g/mol. The van der Waals surface area contributed by atoms with Crippen molar-refractivity contribution in [3.8, 4) is 17.2 Å². The van der Waals surface area contributed by atoms with E-state index in [1.54, 1.807) is 36.1 Å². The number of halogens is 3. The van der Waals surface area contributed by atoms with Gasteiger partial charge in [0.25, 0.3) is 0 Å². The molecule has 2 aromatic carbocycles. The van der Waals surface area contributed by atoms with Gasteiger partial charge in [-0.25, -0.2) is 14.2 Å². The van der Waals surface area contributed by atoms with Gasteiger partial charge < -0.3 is 20.4 Å². The molecule has 0 saturated carbocycles. The highest BCUT2D eigenvalue weighted by Crippen LogP contribution is 2.42. The second-order valence-electron chi connectivity index (χ2n) is 9.53. The summed E-state index contributed by atoms with van der Waals surface area (Å²) in [5.41, 5.74) is 6.96. The van der Waals surface area contributed by atoms with E-state index in [1.165, 1.54) is 6.07 Å². The third kappa shape index (κ3) is 4.08. The zero-order valence-corrected chi connectivity index (χ0v) is 22.6. The number of nitriles is 1. The molecule has 202 valence electrons. The number of carbonyl (C=O) groups is 1. The Labute approximate surface area is 237 Å². The summed E-state index contributed by atoms with van der Waals surface area (Å²) < 4.78 is 21.7. The Morgan fingerprint density at radius 3 is 2.60 bits per heavy atom. The van der Waals surface area contributed by atoms with Crippen molar-refractivity contribution in [2.24, 2.45) is 12.8 Å². The Kier molecular flexibility index (Phi) is 6.24. The number of carbonyl (C=O) groups excluding carboxylic acids is 1. The molecule has 1 aliphatic heterocycles. The van der Waals surface area contributed by atoms with Gasteiger partial charge in [-0.05, 0) is 12.1 Å². The molecular formula is C27H21Cl2FN8O2. The summed E-state index contributed by atoms with van der Waals surface area (Å²) in [5, 5.41) is 16.3. The average molecular weight is 579 g/mol. The lowest BCUT2D eigenvalue weighted by atomic mass is 9.83. The molecule has 3 aromatic heterocycles. The van der Waals surface area contributed by atoms with Gasteiger partial charge in [0.1, 0.15) is 28.3 Å². The van der Waals surface area contributed by atoms with Crippen LogP contribution in [0, 0.1) is 17.1 Å². The number of aromatic nitrogens is 5. The number of ether oxygens (including phenoxy) is 1. The third-order valence-corrected chi connectivity index (χ3v) is 8.12. The molecule has 0 spiro atoms. The third-order valence-electron chi connectivity index (χ3n) is 7.30. The molecule has 5 aromatic rings. The number of nitrogens with two attached hydrogens (primary N) is 1. The van der Waals surface area contributed by atoms with Gasteiger partial charge in [0.2, 0.25) is 5.95 Å². The van der Waals surface area contributed by atoms with Crippen LogP contribution in [0.25, 0.3) is 33.1 Å². The van der Waals surface area contributed by atoms with E-state index < -0.39 is 17.5 Å². The summed E-state index contributed by atoms with van der Waals surface area (Å²) in [7, 11) is 1.73. The van der Waals surface area contributed by atoms with Gasteiger partial charge in [0.05, 0.1) is 21.3 Å². The van der Waals surface area contributed by atoms with E-state index in [4.69, 9.17) is 33.7 Å². The zero-order chi connectivity index (χ0) is 28.2. The van der Waals surface area contributed by atoms with E-state index in [0.717, 1.165) is 0 Å². The van der Waals surface area contributed by atoms with E-state index in [9.17, 15) is 14.4 Å². The van der Waals surface area contributed by atoms with Crippen LogP contribution in [0.3, 0.4) is 0 Å². The molecule has 13 heteroatoms. The largest absolute Gasteiger partial charge is 0.438 e. The van der Waals surface area contributed by atoms with E-state index in [1.807, 2.05) is 17.0 Å². The average Bonchev–Trinajstić information content (AvgIpc) is 3.49. The van der Waals surface area contributed by atoms with Crippen molar-refractivity contribution < 1.29 is 13.9 Å². The monoisotopic (exact) mass is 578 g/mol. The Hall–Kier alpha value is -4.40. The first-order valence-electron chi connectivity index (χ1n) is 12.3. The first kappa shape index (κ1) is 25.9. The molecule has 3 N–H and O–H groups in total. The predicted octanol–water partition coefficient (Wildman–Crippen LogP) is 5.42. The molecule has 10 nitrogen and oxygen atoms in total. The number of H-pyrrole nitrogens is 1. The van der Waals surface area contributed by atoms with Crippen LogP contribution in [0.5, 0.6) is 0 Å². The maximum Gasteiger partial charge on any atom is 0.405 e. The van der Waals surface area contributed by atoms with Crippen molar-refractivity contribution in [1.29, 1.82) is 5.26 Å². The number of aryl methyl sites for hydroxylation is 1. The van der Waals surface area contributed by atoms with Crippen LogP contribution in [0.1, 0.15) is 24.1 Å². The van der Waals surface area contributed by atoms with Crippen LogP contribution in [0.15, 0.2) is 42.6 Å². The number of hydrogen-bond acceptors (Lipinski definition) is 7. The van der Waals surface area contributed by atoms with Gasteiger partial charge in [-0.15, -0.1) is 0 Å². The highest BCUT2D eigenvalue weighted by Gasteiger charge is 2.42. The first-order chi connectivity index (χ1) is 19.2. The summed E-state index contributed by atoms with van der Waals surface area (Å²) in [5.74, 6) is -0.166. The molecule has 1 amide bonds. The Bertz CT molecular complexity index is 1850. The fourth-order valence-electron chi connectivity index (χ4n) is 5.39. The second kappa shape index (κ2) is 9.66. The summed E-state index contributed by atoms with van der Waals surface area (Å²) >= 11 is 13.2. The van der Waals surface area contributed by atoms with Gasteiger partial charge >= 0.3 is 6.09 Å². The van der Waals surface area contributed by atoms with Crippen LogP contribution in [0.4, 0.5) is 15.1 Å². The zero-order valence-electron chi connectivity index (χ0n) is 21.1. The number of anilines is 1. The Morgan fingerprint density at radius 1 is 1.15 bits per heavy atom. The summed E-state index contributed by atoms with van der Waals surface area (Å²) in [4.78, 5) is 26.0. The molecule has 1 saturated heterocycles. The maximum absolute atomic E-state index is 14.7. The van der Waals surface area contributed by atoms with Crippen LogP contribution in [0.2, 0.25) is 10.2 Å². The summed E-state index contributed by atoms with van der Waals surface area (Å²) in [6.07, 6.45) is 1.24. The van der Waals surface area contributed by atoms with Crippen LogP contribution in [-0.2, 0) is 17.4 Å². The molecule has 6 rings (SSSR count). The van der Waals surface area contributed by atoms with Gasteiger partial charge in [0, 0.05) is 55.9 Å². The molecule has 0 unspecified atom stereocenters. The molecule has 0 bridgehead atoms. The SMILES string of the molecule is Cn1nc2ccc(-c3c[nH]c4nc(N5CCC(OC(N)=O)(c6ccccc6F)CC5)nc(C#N)c34)c(Cl)c2c1Cl. The van der Waals surface area contributed by atoms with Gasteiger partial charge in [-0.2, -0.15) is 15.3 Å². The minimum Gasteiger partial charge on any atom is -0.438 e. The normalized spacial score (nSPS) is 14.9. The van der Waals surface area contributed by atoms with Crippen molar-refractivity contribution >= 4 is 57.2 Å². The van der Waals surface area contributed by atoms with E-state index in [2.05, 4.69) is 26.1 Å². The van der Waals surface area contributed by atoms with Crippen LogP contribution < -0.4 is 10.6 Å². The van der Waals surface area contributed by atoms with Crippen LogP contribution in [-0.4, -0.2) is 43.9 Å². The highest BCUT2D eigenvalue weighted by molar-refractivity contribution is 6.43. The van der Waals surface area contributed by atoms with E-state index >= 15 is 0 Å². The molecule has 40 heavy (non-hydrogen) atoms. The lowest BCUT2D eigenvalue weighted by Gasteiger charge is -2.41. The number of amides is 1. The minimum absolute atomic E-state index is 0.157. The Balaban J connectivity index is 1.36. The number of aromatic amines is 1. The molecule has 0 aliphatic carbocycles. The Morgan fingerprint density at radius 2 is 1.90 bits per heavy atom. The summed E-state index contributed by atoms with van der Waals surface area (Å²) in [6, 6.07) is 12.0. The number of piperidine rings is 1. The van der Waals surface area contributed by atoms with Crippen molar-refractivity contribution in [3.05, 3.63) is 69.8 Å². The number of hydrogen-bond donors (Lipinski definition) is 2. The molecule has 1 fully saturated rings. The molecule has 0 radical (unpaired) electrons. The first-order valence-corrected chi connectivity index (χ1v) is 13.1. The van der Waals surface area contributed by atoms with Gasteiger partial charge in [0.15, 0.2) is 5.69 Å². The number of rotatable bonds is 4. The van der Waals surface area contributed by atoms with Crippen LogP contribution >= 0.6 is 23.2 Å². The quantitative estimate of drug-likeness (QED) is 0.290. The fourth-order valence-corrected chi connectivity index (χ4v) is 6.02. The molecule has 1 aliphatic rings.